The highest BCUT2D eigenvalue weighted by Gasteiger charge is 2.12. The van der Waals surface area contributed by atoms with Gasteiger partial charge in [0.1, 0.15) is 6.54 Å². The van der Waals surface area contributed by atoms with E-state index in [1.807, 2.05) is 13.1 Å². The Kier molecular flexibility index (Phi) is 6.96. The van der Waals surface area contributed by atoms with Crippen LogP contribution in [0, 0.1) is 0 Å². The molecule has 0 radical (unpaired) electrons. The highest BCUT2D eigenvalue weighted by molar-refractivity contribution is 9.11. The summed E-state index contributed by atoms with van der Waals surface area (Å²) < 4.78 is 6.02. The van der Waals surface area contributed by atoms with Gasteiger partial charge in [0.05, 0.1) is 27.9 Å². The molecule has 1 atom stereocenters. The summed E-state index contributed by atoms with van der Waals surface area (Å²) >= 11 is 5.12. The number of hydrogen-bond donors (Lipinski definition) is 2. The molecule has 1 amide bonds. The van der Waals surface area contributed by atoms with Crippen molar-refractivity contribution in [2.45, 2.75) is 13.5 Å². The van der Waals surface area contributed by atoms with Crippen molar-refractivity contribution in [1.82, 2.24) is 0 Å². The van der Waals surface area contributed by atoms with Gasteiger partial charge in [0.2, 0.25) is 0 Å². The number of benzene rings is 1. The number of carbonyl (C=O) groups excluding carboxylic acids is 2. The molecule has 0 aliphatic carbocycles. The van der Waals surface area contributed by atoms with Crippen LogP contribution in [-0.4, -0.2) is 32.1 Å². The van der Waals surface area contributed by atoms with Gasteiger partial charge >= 0.3 is 5.97 Å². The SMILES string of the molecule is CCOC(=O)c1ccc(NC(=O)C[NH+](C)Cc2ccc(Br)s2)cc1. The summed E-state index contributed by atoms with van der Waals surface area (Å²) in [4.78, 5) is 26.0. The second kappa shape index (κ2) is 8.96. The lowest BCUT2D eigenvalue weighted by Gasteiger charge is -2.13. The Morgan fingerprint density at radius 2 is 1.92 bits per heavy atom. The molecule has 2 aromatic rings. The van der Waals surface area contributed by atoms with E-state index in [0.29, 0.717) is 24.4 Å². The van der Waals surface area contributed by atoms with Crippen molar-refractivity contribution >= 4 is 44.8 Å². The minimum Gasteiger partial charge on any atom is -0.462 e. The molecule has 0 saturated carbocycles. The van der Waals surface area contributed by atoms with Gasteiger partial charge in [0, 0.05) is 5.69 Å². The number of quaternary nitrogens is 1. The van der Waals surface area contributed by atoms with E-state index in [0.717, 1.165) is 15.2 Å². The molecule has 5 nitrogen and oxygen atoms in total. The minimum absolute atomic E-state index is 0.0630. The van der Waals surface area contributed by atoms with Gasteiger partial charge in [-0.15, -0.1) is 11.3 Å². The van der Waals surface area contributed by atoms with E-state index in [9.17, 15) is 9.59 Å². The second-order valence-electron chi connectivity index (χ2n) is 5.36. The maximum atomic E-state index is 12.1. The van der Waals surface area contributed by atoms with Gasteiger partial charge in [-0.3, -0.25) is 4.79 Å². The van der Waals surface area contributed by atoms with Gasteiger partial charge in [-0.1, -0.05) is 0 Å². The Morgan fingerprint density at radius 3 is 2.50 bits per heavy atom. The summed E-state index contributed by atoms with van der Waals surface area (Å²) in [5.41, 5.74) is 1.14. The van der Waals surface area contributed by atoms with Crippen LogP contribution in [0.1, 0.15) is 22.2 Å². The second-order valence-corrected chi connectivity index (χ2v) is 7.91. The van der Waals surface area contributed by atoms with Crippen LogP contribution in [0.5, 0.6) is 0 Å². The highest BCUT2D eigenvalue weighted by Crippen LogP contribution is 2.21. The Morgan fingerprint density at radius 1 is 1.21 bits per heavy atom. The fourth-order valence-electron chi connectivity index (χ4n) is 2.19. The van der Waals surface area contributed by atoms with Crippen molar-refractivity contribution in [1.29, 1.82) is 0 Å². The molecule has 128 valence electrons. The summed E-state index contributed by atoms with van der Waals surface area (Å²) in [5.74, 6) is -0.423. The maximum Gasteiger partial charge on any atom is 0.338 e. The number of ether oxygens (including phenoxy) is 1. The fourth-order valence-corrected chi connectivity index (χ4v) is 3.79. The van der Waals surface area contributed by atoms with Gasteiger partial charge in [0.15, 0.2) is 6.54 Å². The quantitative estimate of drug-likeness (QED) is 0.687. The van der Waals surface area contributed by atoms with E-state index in [-0.39, 0.29) is 11.9 Å². The molecular weight excluding hydrogens is 392 g/mol. The predicted molar refractivity (Wildman–Crippen MR) is 98.5 cm³/mol. The first kappa shape index (κ1) is 18.6. The van der Waals surface area contributed by atoms with Gasteiger partial charge in [0.25, 0.3) is 5.91 Å². The minimum atomic E-state index is -0.360. The number of thiophene rings is 1. The topological polar surface area (TPSA) is 59.8 Å². The summed E-state index contributed by atoms with van der Waals surface area (Å²) in [7, 11) is 1.98. The van der Waals surface area contributed by atoms with E-state index in [4.69, 9.17) is 4.74 Å². The normalized spacial score (nSPS) is 11.8. The zero-order valence-electron chi connectivity index (χ0n) is 13.6. The molecule has 2 N–H and O–H groups in total. The van der Waals surface area contributed by atoms with E-state index in [1.54, 1.807) is 42.5 Å². The van der Waals surface area contributed by atoms with Gasteiger partial charge in [-0.2, -0.15) is 0 Å². The highest BCUT2D eigenvalue weighted by atomic mass is 79.9. The Labute approximate surface area is 153 Å². The van der Waals surface area contributed by atoms with Crippen LogP contribution in [0.2, 0.25) is 0 Å². The first-order valence-electron chi connectivity index (χ1n) is 7.60. The average Bonchev–Trinajstić information content (AvgIpc) is 2.92. The number of rotatable bonds is 7. The molecule has 0 fully saturated rings. The third-order valence-electron chi connectivity index (χ3n) is 3.25. The summed E-state index contributed by atoms with van der Waals surface area (Å²) in [6.45, 7) is 3.27. The molecule has 0 aliphatic heterocycles. The molecule has 1 aromatic carbocycles. The molecule has 0 saturated heterocycles. The lowest BCUT2D eigenvalue weighted by atomic mass is 10.2. The van der Waals surface area contributed by atoms with Crippen LogP contribution in [0.4, 0.5) is 5.69 Å². The van der Waals surface area contributed by atoms with Crippen molar-refractivity contribution in [3.63, 3.8) is 0 Å². The van der Waals surface area contributed by atoms with Crippen LogP contribution >= 0.6 is 27.3 Å². The molecule has 7 heteroatoms. The van der Waals surface area contributed by atoms with Crippen molar-refractivity contribution in [3.8, 4) is 0 Å². The van der Waals surface area contributed by atoms with E-state index >= 15 is 0 Å². The Balaban J connectivity index is 1.84. The predicted octanol–water partition coefficient (Wildman–Crippen LogP) is 2.34. The number of amides is 1. The van der Waals surface area contributed by atoms with E-state index in [1.165, 1.54) is 4.88 Å². The number of carbonyl (C=O) groups is 2. The van der Waals surface area contributed by atoms with Gasteiger partial charge in [-0.25, -0.2) is 4.79 Å². The molecule has 0 bridgehead atoms. The largest absolute Gasteiger partial charge is 0.462 e. The van der Waals surface area contributed by atoms with E-state index < -0.39 is 0 Å². The van der Waals surface area contributed by atoms with Gasteiger partial charge in [-0.05, 0) is 59.3 Å². The van der Waals surface area contributed by atoms with Crippen LogP contribution in [0.25, 0.3) is 0 Å². The molecule has 1 unspecified atom stereocenters. The zero-order valence-corrected chi connectivity index (χ0v) is 16.0. The number of halogens is 1. The summed E-state index contributed by atoms with van der Waals surface area (Å²) in [5, 5.41) is 2.84. The fraction of sp³-hybridized carbons (Fsp3) is 0.294. The molecule has 0 spiro atoms. The van der Waals surface area contributed by atoms with Crippen molar-refractivity contribution in [2.24, 2.45) is 0 Å². The lowest BCUT2D eigenvalue weighted by molar-refractivity contribution is -0.884. The molecule has 2 rings (SSSR count). The monoisotopic (exact) mass is 411 g/mol. The maximum absolute atomic E-state index is 12.1. The third-order valence-corrected chi connectivity index (χ3v) is 4.87. The van der Waals surface area contributed by atoms with Crippen LogP contribution in [0.3, 0.4) is 0 Å². The molecule has 1 heterocycles. The van der Waals surface area contributed by atoms with Crippen LogP contribution in [0.15, 0.2) is 40.2 Å². The zero-order chi connectivity index (χ0) is 17.5. The Hall–Kier alpha value is -1.70. The molecule has 0 aliphatic rings. The van der Waals surface area contributed by atoms with Crippen LogP contribution in [-0.2, 0) is 16.1 Å². The van der Waals surface area contributed by atoms with E-state index in [2.05, 4.69) is 27.3 Å². The molecule has 1 aromatic heterocycles. The summed E-state index contributed by atoms with van der Waals surface area (Å²) in [6, 6.07) is 10.8. The van der Waals surface area contributed by atoms with Crippen molar-refractivity contribution in [3.05, 3.63) is 50.6 Å². The third kappa shape index (κ3) is 5.74. The van der Waals surface area contributed by atoms with Crippen LogP contribution < -0.4 is 10.2 Å². The number of anilines is 1. The smallest absolute Gasteiger partial charge is 0.338 e. The first-order valence-corrected chi connectivity index (χ1v) is 9.21. The molecule has 24 heavy (non-hydrogen) atoms. The Bertz CT molecular complexity index is 700. The average molecular weight is 412 g/mol. The van der Waals surface area contributed by atoms with Crippen molar-refractivity contribution in [2.75, 3.05) is 25.5 Å². The summed E-state index contributed by atoms with van der Waals surface area (Å²) in [6.07, 6.45) is 0. The molecular formula is C17H20BrN2O3S+. The number of likely N-dealkylation sites (N-methyl/N-ethyl adjacent to an activating group) is 1. The lowest BCUT2D eigenvalue weighted by Crippen LogP contribution is -3.08. The number of hydrogen-bond acceptors (Lipinski definition) is 4. The number of nitrogens with one attached hydrogen (secondary N) is 2. The number of esters is 1. The van der Waals surface area contributed by atoms with Crippen molar-refractivity contribution < 1.29 is 19.2 Å². The first-order chi connectivity index (χ1) is 11.5. The standard InChI is InChI=1S/C17H19BrN2O3S/c1-3-23-17(22)12-4-6-13(7-5-12)19-16(21)11-20(2)10-14-8-9-15(18)24-14/h4-9H,3,10-11H2,1-2H3,(H,19,21)/p+1. The van der Waals surface area contributed by atoms with Gasteiger partial charge < -0.3 is 15.0 Å².